The predicted octanol–water partition coefficient (Wildman–Crippen LogP) is -1.73. The molecular formula is C7H14N2O4S. The first-order chi connectivity index (χ1) is 6.54. The topological polar surface area (TPSA) is 106 Å². The lowest BCUT2D eigenvalue weighted by atomic mass is 10.0. The van der Waals surface area contributed by atoms with Gasteiger partial charge < -0.3 is 25.4 Å². The second kappa shape index (κ2) is 4.94. The molecule has 0 radical (unpaired) electrons. The number of nitrogens with one attached hydrogen (secondary N) is 2. The standard InChI is InChI=1S/C7H14N2O4S/c8-7(14)9-5-1-3(11)6(12)4(2-10)13-5/h3-6,10-12H,1-2H2,(H3,8,9,14)/t3-,4?,5+,6?/m1/s1. The molecule has 1 aliphatic heterocycles. The maximum Gasteiger partial charge on any atom is 0.152 e. The van der Waals surface area contributed by atoms with Gasteiger partial charge in [0.15, 0.2) is 5.17 Å². The lowest BCUT2D eigenvalue weighted by Gasteiger charge is -2.36. The summed E-state index contributed by atoms with van der Waals surface area (Å²) < 4.78 is 5.17. The van der Waals surface area contributed by atoms with Crippen LogP contribution < -0.4 is 5.32 Å². The quantitative estimate of drug-likeness (QED) is 0.189. The molecule has 14 heavy (non-hydrogen) atoms. The van der Waals surface area contributed by atoms with Crippen LogP contribution in [0, 0.1) is 5.41 Å². The monoisotopic (exact) mass is 222 g/mol. The van der Waals surface area contributed by atoms with Crippen molar-refractivity contribution in [1.29, 1.82) is 5.41 Å². The lowest BCUT2D eigenvalue weighted by Crippen LogP contribution is -2.54. The zero-order valence-electron chi connectivity index (χ0n) is 7.42. The Morgan fingerprint density at radius 1 is 1.57 bits per heavy atom. The molecule has 1 fully saturated rings. The molecule has 0 bridgehead atoms. The van der Waals surface area contributed by atoms with Gasteiger partial charge in [-0.15, -0.1) is 12.6 Å². The zero-order valence-corrected chi connectivity index (χ0v) is 8.32. The summed E-state index contributed by atoms with van der Waals surface area (Å²) in [4.78, 5) is 0. The normalized spacial score (nSPS) is 38.0. The summed E-state index contributed by atoms with van der Waals surface area (Å²) in [7, 11) is 0. The van der Waals surface area contributed by atoms with E-state index < -0.39 is 24.5 Å². The fourth-order valence-corrected chi connectivity index (χ4v) is 1.49. The van der Waals surface area contributed by atoms with E-state index in [2.05, 4.69) is 17.9 Å². The first-order valence-electron chi connectivity index (χ1n) is 4.21. The van der Waals surface area contributed by atoms with Gasteiger partial charge in [-0.05, 0) is 0 Å². The summed E-state index contributed by atoms with van der Waals surface area (Å²) in [5.41, 5.74) is 0. The minimum atomic E-state index is -1.09. The fraction of sp³-hybridized carbons (Fsp3) is 0.857. The van der Waals surface area contributed by atoms with Gasteiger partial charge in [0, 0.05) is 6.42 Å². The molecule has 0 amide bonds. The molecule has 1 rings (SSSR count). The summed E-state index contributed by atoms with van der Waals surface area (Å²) in [6.45, 7) is -0.379. The van der Waals surface area contributed by atoms with Crippen LogP contribution in [0.25, 0.3) is 0 Å². The van der Waals surface area contributed by atoms with Gasteiger partial charge in [0.1, 0.15) is 18.4 Å². The molecule has 5 N–H and O–H groups in total. The first kappa shape index (κ1) is 11.7. The van der Waals surface area contributed by atoms with E-state index >= 15 is 0 Å². The van der Waals surface area contributed by atoms with Crippen molar-refractivity contribution in [2.45, 2.75) is 31.0 Å². The van der Waals surface area contributed by atoms with Crippen molar-refractivity contribution < 1.29 is 20.1 Å². The van der Waals surface area contributed by atoms with Crippen molar-refractivity contribution in [3.8, 4) is 0 Å². The molecule has 1 aliphatic rings. The maximum atomic E-state index is 9.39. The first-order valence-corrected chi connectivity index (χ1v) is 4.65. The van der Waals surface area contributed by atoms with Crippen molar-refractivity contribution in [2.75, 3.05) is 6.61 Å². The number of rotatable bonds is 2. The van der Waals surface area contributed by atoms with Gasteiger partial charge in [0.2, 0.25) is 0 Å². The molecule has 0 aliphatic carbocycles. The summed E-state index contributed by atoms with van der Waals surface area (Å²) in [6.07, 6.45) is -3.33. The van der Waals surface area contributed by atoms with Crippen LogP contribution in [-0.2, 0) is 4.74 Å². The fourth-order valence-electron chi connectivity index (χ4n) is 1.35. The summed E-state index contributed by atoms with van der Waals surface area (Å²) >= 11 is 3.70. The summed E-state index contributed by atoms with van der Waals surface area (Å²) in [5, 5.41) is 37.1. The van der Waals surface area contributed by atoms with Gasteiger partial charge in [0.25, 0.3) is 0 Å². The Labute approximate surface area is 86.8 Å². The molecule has 82 valence electrons. The second-order valence-electron chi connectivity index (χ2n) is 3.13. The summed E-state index contributed by atoms with van der Waals surface area (Å²) in [5.74, 6) is 0. The van der Waals surface area contributed by atoms with Gasteiger partial charge in [-0.1, -0.05) is 0 Å². The van der Waals surface area contributed by atoms with Gasteiger partial charge in [-0.3, -0.25) is 5.41 Å². The molecule has 6 nitrogen and oxygen atoms in total. The smallest absolute Gasteiger partial charge is 0.152 e. The van der Waals surface area contributed by atoms with Crippen LogP contribution in [0.3, 0.4) is 0 Å². The van der Waals surface area contributed by atoms with Gasteiger partial charge in [-0.25, -0.2) is 0 Å². The van der Waals surface area contributed by atoms with Crippen LogP contribution in [0.4, 0.5) is 0 Å². The molecule has 4 atom stereocenters. The average molecular weight is 222 g/mol. The Morgan fingerprint density at radius 2 is 2.21 bits per heavy atom. The van der Waals surface area contributed by atoms with Crippen molar-refractivity contribution in [3.05, 3.63) is 0 Å². The highest BCUT2D eigenvalue weighted by Crippen LogP contribution is 2.18. The van der Waals surface area contributed by atoms with Crippen molar-refractivity contribution in [2.24, 2.45) is 0 Å². The zero-order chi connectivity index (χ0) is 10.7. The summed E-state index contributed by atoms with van der Waals surface area (Å²) in [6, 6.07) is 0. The molecule has 0 aromatic rings. The highest BCUT2D eigenvalue weighted by molar-refractivity contribution is 7.96. The van der Waals surface area contributed by atoms with Crippen molar-refractivity contribution in [3.63, 3.8) is 0 Å². The number of aliphatic hydroxyl groups is 3. The number of amidine groups is 1. The second-order valence-corrected chi connectivity index (χ2v) is 3.58. The molecule has 0 aromatic heterocycles. The molecule has 0 saturated carbocycles. The number of aliphatic hydroxyl groups excluding tert-OH is 3. The molecule has 0 spiro atoms. The number of thiol groups is 1. The van der Waals surface area contributed by atoms with Crippen LogP contribution >= 0.6 is 12.6 Å². The Bertz CT molecular complexity index is 216. The van der Waals surface area contributed by atoms with Gasteiger partial charge in [-0.2, -0.15) is 0 Å². The van der Waals surface area contributed by atoms with Gasteiger partial charge >= 0.3 is 0 Å². The average Bonchev–Trinajstić information content (AvgIpc) is 2.10. The van der Waals surface area contributed by atoms with Crippen LogP contribution in [-0.4, -0.2) is 51.6 Å². The third kappa shape index (κ3) is 2.82. The Morgan fingerprint density at radius 3 is 2.71 bits per heavy atom. The number of hydrogen-bond donors (Lipinski definition) is 6. The van der Waals surface area contributed by atoms with E-state index in [1.165, 1.54) is 0 Å². The molecule has 7 heteroatoms. The predicted molar refractivity (Wildman–Crippen MR) is 52.2 cm³/mol. The van der Waals surface area contributed by atoms with Crippen molar-refractivity contribution in [1.82, 2.24) is 5.32 Å². The Balaban J connectivity index is 2.53. The molecule has 2 unspecified atom stereocenters. The van der Waals surface area contributed by atoms with Crippen LogP contribution in [0.5, 0.6) is 0 Å². The molecule has 1 heterocycles. The molecule has 1 saturated heterocycles. The maximum absolute atomic E-state index is 9.39. The van der Waals surface area contributed by atoms with Gasteiger partial charge in [0.05, 0.1) is 12.7 Å². The largest absolute Gasteiger partial charge is 0.394 e. The molecular weight excluding hydrogens is 208 g/mol. The highest BCUT2D eigenvalue weighted by atomic mass is 32.1. The molecule has 0 aromatic carbocycles. The SMILES string of the molecule is N=C(S)N[C@@H]1C[C@@H](O)C(O)C(CO)O1. The number of hydrogen-bond acceptors (Lipinski definition) is 5. The highest BCUT2D eigenvalue weighted by Gasteiger charge is 2.36. The van der Waals surface area contributed by atoms with E-state index in [0.717, 1.165) is 0 Å². The van der Waals surface area contributed by atoms with Crippen LogP contribution in [0.1, 0.15) is 6.42 Å². The minimum Gasteiger partial charge on any atom is -0.394 e. The van der Waals surface area contributed by atoms with Crippen LogP contribution in [0.15, 0.2) is 0 Å². The third-order valence-corrected chi connectivity index (χ3v) is 2.18. The Kier molecular flexibility index (Phi) is 4.14. The van der Waals surface area contributed by atoms with E-state index in [9.17, 15) is 10.2 Å². The van der Waals surface area contributed by atoms with E-state index in [0.29, 0.717) is 0 Å². The van der Waals surface area contributed by atoms with E-state index in [-0.39, 0.29) is 18.2 Å². The van der Waals surface area contributed by atoms with Crippen LogP contribution in [0.2, 0.25) is 0 Å². The Hall–Kier alpha value is -0.340. The number of ether oxygens (including phenoxy) is 1. The van der Waals surface area contributed by atoms with E-state index in [1.807, 2.05) is 0 Å². The van der Waals surface area contributed by atoms with E-state index in [4.69, 9.17) is 15.3 Å². The van der Waals surface area contributed by atoms with E-state index in [1.54, 1.807) is 0 Å². The lowest BCUT2D eigenvalue weighted by molar-refractivity contribution is -0.182. The van der Waals surface area contributed by atoms with Crippen molar-refractivity contribution >= 4 is 17.8 Å². The minimum absolute atomic E-state index is 0.0877. The third-order valence-electron chi connectivity index (χ3n) is 2.05.